The van der Waals surface area contributed by atoms with Crippen LogP contribution in [0, 0.1) is 0 Å². The molecule has 9 nitrogen and oxygen atoms in total. The maximum Gasteiger partial charge on any atom is 0.338 e. The van der Waals surface area contributed by atoms with Crippen LogP contribution in [0.25, 0.3) is 10.9 Å². The zero-order valence-electron chi connectivity index (χ0n) is 17.3. The lowest BCUT2D eigenvalue weighted by molar-refractivity contribution is 0.0697. The number of nitrogens with zero attached hydrogens (tertiary/aromatic N) is 3. The molecule has 1 saturated carbocycles. The van der Waals surface area contributed by atoms with E-state index < -0.39 is 21.6 Å². The number of aromatic hydroxyl groups is 1. The Balaban J connectivity index is 1.74. The van der Waals surface area contributed by atoms with Gasteiger partial charge in [-0.1, -0.05) is 0 Å². The first-order chi connectivity index (χ1) is 15.7. The summed E-state index contributed by atoms with van der Waals surface area (Å²) in [6.45, 7) is 0.176. The summed E-state index contributed by atoms with van der Waals surface area (Å²) < 4.78 is 35.2. The van der Waals surface area contributed by atoms with Crippen LogP contribution in [0.2, 0.25) is 0 Å². The van der Waals surface area contributed by atoms with E-state index in [1.807, 2.05) is 4.57 Å². The van der Waals surface area contributed by atoms with Crippen LogP contribution in [0.5, 0.6) is 5.75 Å². The Bertz CT molecular complexity index is 1450. The Kier molecular flexibility index (Phi) is 5.32. The molecule has 11 heteroatoms. The zero-order valence-corrected chi connectivity index (χ0v) is 19.7. The summed E-state index contributed by atoms with van der Waals surface area (Å²) >= 11 is 3.38. The van der Waals surface area contributed by atoms with Gasteiger partial charge in [0, 0.05) is 35.1 Å². The van der Waals surface area contributed by atoms with E-state index in [9.17, 15) is 23.4 Å². The number of halogens is 1. The lowest BCUT2D eigenvalue weighted by Crippen LogP contribution is -2.14. The molecule has 0 radical (unpaired) electrons. The number of fused-ring (bicyclic) bond motifs is 1. The molecule has 0 amide bonds. The predicted octanol–water partition coefficient (Wildman–Crippen LogP) is 4.10. The van der Waals surface area contributed by atoms with Crippen LogP contribution in [-0.2, 0) is 27.9 Å². The number of aromatic carboxylic acids is 1. The van der Waals surface area contributed by atoms with E-state index in [4.69, 9.17) is 4.42 Å². The molecule has 0 unspecified atom stereocenters. The minimum absolute atomic E-state index is 0.00644. The molecular weight excluding hydrogens is 514 g/mol. The first kappa shape index (κ1) is 21.8. The molecule has 2 N–H and O–H groups in total. The van der Waals surface area contributed by atoms with Crippen LogP contribution in [0.1, 0.15) is 46.3 Å². The Morgan fingerprint density at radius 2 is 2.09 bits per heavy atom. The number of aromatic nitrogens is 3. The number of furan rings is 1. The van der Waals surface area contributed by atoms with Crippen molar-refractivity contribution >= 4 is 42.6 Å². The molecule has 1 aromatic carbocycles. The first-order valence-electron chi connectivity index (χ1n) is 10.2. The van der Waals surface area contributed by atoms with Gasteiger partial charge in [-0.2, -0.15) is 0 Å². The van der Waals surface area contributed by atoms with E-state index >= 15 is 0 Å². The monoisotopic (exact) mass is 533 g/mol. The molecule has 1 aliphatic rings. The number of phenols is 1. The van der Waals surface area contributed by atoms with E-state index in [2.05, 4.69) is 20.9 Å². The van der Waals surface area contributed by atoms with Crippen LogP contribution in [0.3, 0.4) is 0 Å². The number of imidazole rings is 1. The van der Waals surface area contributed by atoms with E-state index in [-0.39, 0.29) is 35.3 Å². The number of phenolic OH excluding ortho intramolecular Hbond substituents is 1. The molecule has 0 bridgehead atoms. The number of carbonyl (C=O) groups is 1. The van der Waals surface area contributed by atoms with Gasteiger partial charge in [0.1, 0.15) is 17.3 Å². The lowest BCUT2D eigenvalue weighted by Gasteiger charge is -2.12. The Hall–Kier alpha value is -3.05. The second kappa shape index (κ2) is 8.07. The normalized spacial score (nSPS) is 14.2. The summed E-state index contributed by atoms with van der Waals surface area (Å²) in [4.78, 5) is 16.5. The minimum atomic E-state index is -3.74. The van der Waals surface area contributed by atoms with E-state index in [1.54, 1.807) is 41.5 Å². The average Bonchev–Trinajstić information content (AvgIpc) is 3.12. The number of carboxylic acid groups (broad SMARTS) is 1. The number of sulfone groups is 1. The van der Waals surface area contributed by atoms with Crippen molar-refractivity contribution in [2.75, 3.05) is 0 Å². The predicted molar refractivity (Wildman–Crippen MR) is 123 cm³/mol. The summed E-state index contributed by atoms with van der Waals surface area (Å²) in [5.74, 6) is -1.82. The number of benzene rings is 1. The zero-order chi connectivity index (χ0) is 23.3. The third kappa shape index (κ3) is 4.06. The lowest BCUT2D eigenvalue weighted by atomic mass is 10.0. The van der Waals surface area contributed by atoms with Gasteiger partial charge >= 0.3 is 5.97 Å². The molecule has 5 rings (SSSR count). The van der Waals surface area contributed by atoms with Crippen molar-refractivity contribution in [3.8, 4) is 5.75 Å². The van der Waals surface area contributed by atoms with Crippen molar-refractivity contribution in [2.45, 2.75) is 36.9 Å². The average molecular weight is 534 g/mol. The summed E-state index contributed by atoms with van der Waals surface area (Å²) in [7, 11) is -3.74. The summed E-state index contributed by atoms with van der Waals surface area (Å²) in [6, 6.07) is 4.85. The summed E-state index contributed by atoms with van der Waals surface area (Å²) in [5.41, 5.74) is 1.09. The summed E-state index contributed by atoms with van der Waals surface area (Å²) in [6.07, 6.45) is 7.91. The van der Waals surface area contributed by atoms with Crippen LogP contribution in [-0.4, -0.2) is 38.7 Å². The van der Waals surface area contributed by atoms with Gasteiger partial charge in [-0.3, -0.25) is 0 Å². The van der Waals surface area contributed by atoms with E-state index in [0.717, 1.165) is 12.8 Å². The maximum atomic E-state index is 13.1. The molecule has 1 aliphatic carbocycles. The number of hydrogen-bond acceptors (Lipinski definition) is 6. The molecule has 0 aliphatic heterocycles. The van der Waals surface area contributed by atoms with Crippen LogP contribution < -0.4 is 0 Å². The number of hydrogen-bond donors (Lipinski definition) is 2. The smallest absolute Gasteiger partial charge is 0.338 e. The molecule has 0 saturated heterocycles. The fraction of sp³-hybridized carbons (Fsp3) is 0.273. The molecule has 33 heavy (non-hydrogen) atoms. The van der Waals surface area contributed by atoms with Gasteiger partial charge in [-0.25, -0.2) is 18.2 Å². The molecule has 0 atom stereocenters. The van der Waals surface area contributed by atoms with Crippen LogP contribution in [0.4, 0.5) is 0 Å². The van der Waals surface area contributed by atoms with E-state index in [1.165, 1.54) is 6.26 Å². The van der Waals surface area contributed by atoms with E-state index in [0.29, 0.717) is 26.7 Å². The SMILES string of the molecule is O=C(O)c1c(CS(=O)(=O)Cc2ccco2)n(C2CC2)c2cc(Br)c(O)c(Cn3ccnc3)c12. The highest BCUT2D eigenvalue weighted by Crippen LogP contribution is 2.46. The highest BCUT2D eigenvalue weighted by Gasteiger charge is 2.35. The highest BCUT2D eigenvalue weighted by atomic mass is 79.9. The van der Waals surface area contributed by atoms with Crippen molar-refractivity contribution in [2.24, 2.45) is 0 Å². The highest BCUT2D eigenvalue weighted by molar-refractivity contribution is 9.10. The fourth-order valence-electron chi connectivity index (χ4n) is 4.27. The molecule has 172 valence electrons. The van der Waals surface area contributed by atoms with Crippen LogP contribution in [0.15, 0.2) is 52.1 Å². The van der Waals surface area contributed by atoms with Crippen molar-refractivity contribution in [1.29, 1.82) is 0 Å². The topological polar surface area (TPSA) is 128 Å². The molecule has 3 aromatic heterocycles. The van der Waals surface area contributed by atoms with Gasteiger partial charge in [0.15, 0.2) is 9.84 Å². The molecule has 1 fully saturated rings. The Morgan fingerprint density at radius 1 is 1.30 bits per heavy atom. The molecular formula is C22H20BrN3O6S. The summed E-state index contributed by atoms with van der Waals surface area (Å²) in [5, 5.41) is 21.4. The van der Waals surface area contributed by atoms with Gasteiger partial charge in [-0.05, 0) is 47.0 Å². The van der Waals surface area contributed by atoms with Crippen molar-refractivity contribution in [3.05, 3.63) is 70.2 Å². The Morgan fingerprint density at radius 3 is 2.70 bits per heavy atom. The van der Waals surface area contributed by atoms with Crippen molar-refractivity contribution < 1.29 is 27.8 Å². The largest absolute Gasteiger partial charge is 0.506 e. The number of rotatable bonds is 8. The van der Waals surface area contributed by atoms with Gasteiger partial charge in [0.05, 0.1) is 40.4 Å². The third-order valence-corrected chi connectivity index (χ3v) is 7.79. The van der Waals surface area contributed by atoms with Gasteiger partial charge in [0.2, 0.25) is 0 Å². The second-order valence-corrected chi connectivity index (χ2v) is 11.1. The fourth-order valence-corrected chi connectivity index (χ4v) is 6.12. The molecule has 4 aromatic rings. The maximum absolute atomic E-state index is 13.1. The molecule has 3 heterocycles. The van der Waals surface area contributed by atoms with Crippen molar-refractivity contribution in [1.82, 2.24) is 14.1 Å². The Labute approximate surface area is 197 Å². The molecule has 0 spiro atoms. The standard InChI is InChI=1S/C22H20BrN3O6S/c23-16-8-17-19(15(21(16)27)9-25-6-5-24-12-25)20(22(28)29)18(26(17)13-3-4-13)11-33(30,31)10-14-2-1-7-32-14/h1-2,5-8,12-13,27H,3-4,9-11H2,(H,28,29). The third-order valence-electron chi connectivity index (χ3n) is 5.75. The first-order valence-corrected chi connectivity index (χ1v) is 12.9. The quantitative estimate of drug-likeness (QED) is 0.349. The van der Waals surface area contributed by atoms with Gasteiger partial charge in [0.25, 0.3) is 0 Å². The van der Waals surface area contributed by atoms with Gasteiger partial charge < -0.3 is 23.8 Å². The minimum Gasteiger partial charge on any atom is -0.506 e. The number of carboxylic acids is 1. The van der Waals surface area contributed by atoms with Crippen LogP contribution >= 0.6 is 15.9 Å². The second-order valence-electron chi connectivity index (χ2n) is 8.15. The van der Waals surface area contributed by atoms with Gasteiger partial charge in [-0.15, -0.1) is 0 Å². The van der Waals surface area contributed by atoms with Crippen molar-refractivity contribution in [3.63, 3.8) is 0 Å².